The lowest BCUT2D eigenvalue weighted by Crippen LogP contribution is -2.24. The van der Waals surface area contributed by atoms with Crippen LogP contribution in [0.4, 0.5) is 4.39 Å². The molecule has 2 aromatic rings. The molecule has 0 heterocycles. The standard InChI is InChI=1S/C27H33FO.C2H6/c1-6-8-9-12-22(7-2)27(29)24(19(3)4)17-21-16-15-20(5)25(18-21)23-13-10-11-14-26(23)28;1-2/h6,8,10-16,18-19,24H,7,9,17H2,1-5H3;1-2H3/b8-6+,22-12+;. The van der Waals surface area contributed by atoms with Crippen molar-refractivity contribution in [2.24, 2.45) is 11.8 Å². The third kappa shape index (κ3) is 7.61. The molecule has 0 saturated heterocycles. The zero-order valence-electron chi connectivity index (χ0n) is 20.3. The fourth-order valence-corrected chi connectivity index (χ4v) is 3.65. The van der Waals surface area contributed by atoms with E-state index >= 15 is 0 Å². The molecule has 0 saturated carbocycles. The number of aryl methyl sites for hydroxylation is 1. The molecule has 0 aliphatic heterocycles. The van der Waals surface area contributed by atoms with Crippen LogP contribution in [0.25, 0.3) is 11.1 Å². The van der Waals surface area contributed by atoms with Crippen LogP contribution < -0.4 is 0 Å². The van der Waals surface area contributed by atoms with Crippen LogP contribution in [0, 0.1) is 24.6 Å². The van der Waals surface area contributed by atoms with Crippen molar-refractivity contribution in [2.45, 2.75) is 67.7 Å². The van der Waals surface area contributed by atoms with Crippen molar-refractivity contribution in [1.29, 1.82) is 0 Å². The quantitative estimate of drug-likeness (QED) is 0.292. The summed E-state index contributed by atoms with van der Waals surface area (Å²) in [7, 11) is 0. The molecule has 0 fully saturated rings. The van der Waals surface area contributed by atoms with Crippen molar-refractivity contribution in [3.05, 3.63) is 83.2 Å². The summed E-state index contributed by atoms with van der Waals surface area (Å²) in [4.78, 5) is 13.2. The van der Waals surface area contributed by atoms with E-state index in [0.717, 1.165) is 35.1 Å². The molecular weight excluding hydrogens is 383 g/mol. The summed E-state index contributed by atoms with van der Waals surface area (Å²) in [5.74, 6) is 0.171. The Kier molecular flexibility index (Phi) is 11.8. The molecule has 31 heavy (non-hydrogen) atoms. The highest BCUT2D eigenvalue weighted by molar-refractivity contribution is 5.97. The van der Waals surface area contributed by atoms with Crippen molar-refractivity contribution in [1.82, 2.24) is 0 Å². The molecule has 0 amide bonds. The number of benzene rings is 2. The molecule has 168 valence electrons. The van der Waals surface area contributed by atoms with Crippen LogP contribution in [0.3, 0.4) is 0 Å². The maximum Gasteiger partial charge on any atom is 0.162 e. The Hall–Kier alpha value is -2.48. The van der Waals surface area contributed by atoms with Gasteiger partial charge in [0.15, 0.2) is 5.78 Å². The Morgan fingerprint density at radius 3 is 2.32 bits per heavy atom. The summed E-state index contributed by atoms with van der Waals surface area (Å²) in [5.41, 5.74) is 4.52. The molecule has 1 nitrogen and oxygen atoms in total. The van der Waals surface area contributed by atoms with E-state index in [4.69, 9.17) is 0 Å². The number of rotatable bonds is 9. The van der Waals surface area contributed by atoms with Crippen LogP contribution >= 0.6 is 0 Å². The molecule has 0 N–H and O–H groups in total. The maximum absolute atomic E-state index is 14.3. The van der Waals surface area contributed by atoms with Gasteiger partial charge < -0.3 is 0 Å². The van der Waals surface area contributed by atoms with E-state index in [-0.39, 0.29) is 23.4 Å². The minimum atomic E-state index is -0.218. The van der Waals surface area contributed by atoms with Crippen LogP contribution in [0.2, 0.25) is 0 Å². The van der Waals surface area contributed by atoms with E-state index in [9.17, 15) is 9.18 Å². The number of carbonyl (C=O) groups excluding carboxylic acids is 1. The Morgan fingerprint density at radius 1 is 1.06 bits per heavy atom. The Balaban J connectivity index is 0.00000233. The van der Waals surface area contributed by atoms with Gasteiger partial charge >= 0.3 is 0 Å². The molecule has 0 aromatic heterocycles. The molecule has 2 heteroatoms. The minimum absolute atomic E-state index is 0.0806. The molecule has 1 unspecified atom stereocenters. The molecule has 1 atom stereocenters. The van der Waals surface area contributed by atoms with E-state index in [1.165, 1.54) is 6.07 Å². The number of halogens is 1. The highest BCUT2D eigenvalue weighted by atomic mass is 19.1. The zero-order chi connectivity index (χ0) is 23.4. The van der Waals surface area contributed by atoms with Gasteiger partial charge in [-0.3, -0.25) is 4.79 Å². The van der Waals surface area contributed by atoms with Crippen molar-refractivity contribution in [3.8, 4) is 11.1 Å². The van der Waals surface area contributed by atoms with Gasteiger partial charge in [0.2, 0.25) is 0 Å². The number of ketones is 1. The zero-order valence-corrected chi connectivity index (χ0v) is 20.3. The molecule has 2 rings (SSSR count). The minimum Gasteiger partial charge on any atom is -0.294 e. The first-order chi connectivity index (χ1) is 14.9. The third-order valence-electron chi connectivity index (χ3n) is 5.50. The Labute approximate surface area is 189 Å². The Bertz CT molecular complexity index is 889. The normalized spacial score (nSPS) is 12.6. The second kappa shape index (κ2) is 13.7. The summed E-state index contributed by atoms with van der Waals surface area (Å²) in [6.45, 7) is 14.2. The summed E-state index contributed by atoms with van der Waals surface area (Å²) in [5, 5.41) is 0. The van der Waals surface area contributed by atoms with Gasteiger partial charge in [-0.05, 0) is 67.4 Å². The second-order valence-electron chi connectivity index (χ2n) is 7.94. The Morgan fingerprint density at radius 2 is 1.74 bits per heavy atom. The van der Waals surface area contributed by atoms with Gasteiger partial charge in [0.25, 0.3) is 0 Å². The summed E-state index contributed by atoms with van der Waals surface area (Å²) in [6.07, 6.45) is 8.32. The van der Waals surface area contributed by atoms with Crippen molar-refractivity contribution < 1.29 is 9.18 Å². The highest BCUT2D eigenvalue weighted by Crippen LogP contribution is 2.30. The summed E-state index contributed by atoms with van der Waals surface area (Å²) < 4.78 is 14.3. The number of hydrogen-bond acceptors (Lipinski definition) is 1. The lowest BCUT2D eigenvalue weighted by atomic mass is 9.81. The first-order valence-corrected chi connectivity index (χ1v) is 11.6. The second-order valence-corrected chi connectivity index (χ2v) is 7.94. The van der Waals surface area contributed by atoms with Gasteiger partial charge in [-0.15, -0.1) is 0 Å². The summed E-state index contributed by atoms with van der Waals surface area (Å²) >= 11 is 0. The number of Topliss-reactive ketones (excluding diaryl/α,β-unsaturated/α-hetero) is 1. The fourth-order valence-electron chi connectivity index (χ4n) is 3.65. The van der Waals surface area contributed by atoms with E-state index in [1.807, 2.05) is 65.0 Å². The fraction of sp³-hybridized carbons (Fsp3) is 0.414. The van der Waals surface area contributed by atoms with Crippen LogP contribution in [0.5, 0.6) is 0 Å². The van der Waals surface area contributed by atoms with Crippen molar-refractivity contribution >= 4 is 5.78 Å². The SMILES string of the molecule is C/C=C/C/C=C(\CC)C(=O)C(Cc1ccc(C)c(-c2ccccc2F)c1)C(C)C.CC. The molecular formula is C29H39FO. The average molecular weight is 423 g/mol. The summed E-state index contributed by atoms with van der Waals surface area (Å²) in [6, 6.07) is 13.0. The van der Waals surface area contributed by atoms with Gasteiger partial charge in [0, 0.05) is 11.5 Å². The lowest BCUT2D eigenvalue weighted by Gasteiger charge is -2.22. The first kappa shape index (κ1) is 26.6. The topological polar surface area (TPSA) is 17.1 Å². The van der Waals surface area contributed by atoms with E-state index < -0.39 is 0 Å². The third-order valence-corrected chi connectivity index (χ3v) is 5.50. The average Bonchev–Trinajstić information content (AvgIpc) is 2.77. The van der Waals surface area contributed by atoms with Crippen molar-refractivity contribution in [3.63, 3.8) is 0 Å². The largest absolute Gasteiger partial charge is 0.294 e. The van der Waals surface area contributed by atoms with Gasteiger partial charge in [-0.2, -0.15) is 0 Å². The van der Waals surface area contributed by atoms with Crippen molar-refractivity contribution in [2.75, 3.05) is 0 Å². The predicted octanol–water partition coefficient (Wildman–Crippen LogP) is 8.51. The number of allylic oxidation sites excluding steroid dienone is 4. The van der Waals surface area contributed by atoms with Crippen LogP contribution in [0.15, 0.2) is 66.3 Å². The van der Waals surface area contributed by atoms with E-state index in [2.05, 4.69) is 32.1 Å². The van der Waals surface area contributed by atoms with E-state index in [1.54, 1.807) is 6.07 Å². The van der Waals surface area contributed by atoms with Gasteiger partial charge in [0.05, 0.1) is 0 Å². The molecule has 2 aromatic carbocycles. The highest BCUT2D eigenvalue weighted by Gasteiger charge is 2.25. The molecule has 0 radical (unpaired) electrons. The van der Waals surface area contributed by atoms with Crippen LogP contribution in [-0.4, -0.2) is 5.78 Å². The monoisotopic (exact) mass is 422 g/mol. The lowest BCUT2D eigenvalue weighted by molar-refractivity contribution is -0.120. The van der Waals surface area contributed by atoms with E-state index in [0.29, 0.717) is 12.0 Å². The maximum atomic E-state index is 14.3. The first-order valence-electron chi connectivity index (χ1n) is 11.6. The molecule has 0 bridgehead atoms. The molecule has 0 aliphatic carbocycles. The number of hydrogen-bond donors (Lipinski definition) is 0. The number of carbonyl (C=O) groups is 1. The molecule has 0 spiro atoms. The smallest absolute Gasteiger partial charge is 0.162 e. The van der Waals surface area contributed by atoms with Crippen LogP contribution in [0.1, 0.15) is 65.5 Å². The molecule has 0 aliphatic rings. The van der Waals surface area contributed by atoms with Gasteiger partial charge in [-0.25, -0.2) is 4.39 Å². The van der Waals surface area contributed by atoms with Gasteiger partial charge in [0.1, 0.15) is 5.82 Å². The predicted molar refractivity (Wildman–Crippen MR) is 133 cm³/mol. The van der Waals surface area contributed by atoms with Gasteiger partial charge in [-0.1, -0.05) is 89.2 Å². The van der Waals surface area contributed by atoms with Crippen LogP contribution in [-0.2, 0) is 11.2 Å².